The van der Waals surface area contributed by atoms with Crippen molar-refractivity contribution in [2.75, 3.05) is 13.2 Å². The first-order chi connectivity index (χ1) is 9.46. The molecule has 1 aromatic rings. The molecule has 1 rings (SSSR count). The fourth-order valence-corrected chi connectivity index (χ4v) is 2.09. The minimum Gasteiger partial charge on any atom is -0.396 e. The summed E-state index contributed by atoms with van der Waals surface area (Å²) in [6, 6.07) is 3.53. The predicted octanol–water partition coefficient (Wildman–Crippen LogP) is 2.62. The maximum atomic E-state index is 13.3. The minimum absolute atomic E-state index is 0.0797. The summed E-state index contributed by atoms with van der Waals surface area (Å²) < 4.78 is 13.3. The summed E-state index contributed by atoms with van der Waals surface area (Å²) in [4.78, 5) is 10.1. The Morgan fingerprint density at radius 1 is 1.35 bits per heavy atom. The second-order valence-electron chi connectivity index (χ2n) is 5.04. The quantitative estimate of drug-likeness (QED) is 0.568. The molecular weight excluding hydrogens is 263 g/mol. The molecule has 0 fully saturated rings. The van der Waals surface area contributed by atoms with Crippen LogP contribution >= 0.6 is 0 Å². The van der Waals surface area contributed by atoms with E-state index < -0.39 is 10.7 Å². The van der Waals surface area contributed by atoms with E-state index in [-0.39, 0.29) is 17.7 Å². The van der Waals surface area contributed by atoms with E-state index in [9.17, 15) is 19.6 Å². The number of rotatable bonds is 8. The highest BCUT2D eigenvalue weighted by Crippen LogP contribution is 2.24. The monoisotopic (exact) mass is 284 g/mol. The van der Waals surface area contributed by atoms with E-state index in [2.05, 4.69) is 5.32 Å². The molecule has 0 unspecified atom stereocenters. The Bertz CT molecular complexity index is 453. The molecule has 0 spiro atoms. The lowest BCUT2D eigenvalue weighted by atomic mass is 9.83. The van der Waals surface area contributed by atoms with Gasteiger partial charge in [0.25, 0.3) is 5.69 Å². The molecule has 0 aliphatic heterocycles. The summed E-state index contributed by atoms with van der Waals surface area (Å²) in [6.07, 6.45) is 1.66. The topological polar surface area (TPSA) is 75.4 Å². The Morgan fingerprint density at radius 2 is 2.00 bits per heavy atom. The Hall–Kier alpha value is -1.53. The van der Waals surface area contributed by atoms with Gasteiger partial charge in [0.2, 0.25) is 0 Å². The highest BCUT2D eigenvalue weighted by Gasteiger charge is 2.24. The van der Waals surface area contributed by atoms with Gasteiger partial charge in [-0.3, -0.25) is 10.1 Å². The van der Waals surface area contributed by atoms with Gasteiger partial charge in [-0.1, -0.05) is 13.8 Å². The molecule has 0 amide bonds. The van der Waals surface area contributed by atoms with Crippen LogP contribution in [0.15, 0.2) is 18.2 Å². The van der Waals surface area contributed by atoms with Crippen LogP contribution in [0.5, 0.6) is 0 Å². The van der Waals surface area contributed by atoms with Gasteiger partial charge in [-0.05, 0) is 24.5 Å². The normalized spacial score (nSPS) is 11.6. The van der Waals surface area contributed by atoms with Crippen LogP contribution in [0.25, 0.3) is 0 Å². The van der Waals surface area contributed by atoms with Gasteiger partial charge < -0.3 is 10.4 Å². The third kappa shape index (κ3) is 4.25. The van der Waals surface area contributed by atoms with E-state index in [1.54, 1.807) is 0 Å². The molecule has 0 atom stereocenters. The van der Waals surface area contributed by atoms with Gasteiger partial charge in [-0.25, -0.2) is 4.39 Å². The van der Waals surface area contributed by atoms with Crippen molar-refractivity contribution in [3.05, 3.63) is 39.7 Å². The van der Waals surface area contributed by atoms with Crippen molar-refractivity contribution in [3.8, 4) is 0 Å². The molecular formula is C14H21FN2O3. The summed E-state index contributed by atoms with van der Waals surface area (Å²) in [7, 11) is 0. The van der Waals surface area contributed by atoms with E-state index in [0.29, 0.717) is 18.7 Å². The summed E-state index contributed by atoms with van der Waals surface area (Å²) in [5.41, 5.74) is 0.0798. The highest BCUT2D eigenvalue weighted by atomic mass is 19.1. The zero-order chi connectivity index (χ0) is 15.2. The summed E-state index contributed by atoms with van der Waals surface area (Å²) in [6.45, 7) is 5.01. The van der Waals surface area contributed by atoms with Crippen molar-refractivity contribution in [3.63, 3.8) is 0 Å². The molecule has 112 valence electrons. The van der Waals surface area contributed by atoms with Crippen LogP contribution < -0.4 is 5.32 Å². The van der Waals surface area contributed by atoms with Gasteiger partial charge >= 0.3 is 0 Å². The number of nitro groups is 1. The number of nitrogens with zero attached hydrogens (tertiary/aromatic N) is 1. The number of benzene rings is 1. The largest absolute Gasteiger partial charge is 0.396 e. The molecule has 0 saturated heterocycles. The lowest BCUT2D eigenvalue weighted by Gasteiger charge is -2.29. The number of nitro benzene ring substituents is 1. The molecule has 0 radical (unpaired) electrons. The molecule has 6 heteroatoms. The Kier molecular flexibility index (Phi) is 6.04. The maximum absolute atomic E-state index is 13.3. The number of hydrogen-bond acceptors (Lipinski definition) is 4. The first-order valence-electron chi connectivity index (χ1n) is 6.72. The number of aliphatic hydroxyl groups excluding tert-OH is 1. The molecule has 0 saturated carbocycles. The number of hydrogen-bond donors (Lipinski definition) is 2. The first-order valence-corrected chi connectivity index (χ1v) is 6.72. The number of halogens is 1. The third-order valence-corrected chi connectivity index (χ3v) is 3.82. The smallest absolute Gasteiger partial charge is 0.272 e. The Balaban J connectivity index is 2.68. The SMILES string of the molecule is CCC(CC)(CO)CNCc1cc(F)cc([N+](=O)[O-])c1. The van der Waals surface area contributed by atoms with E-state index in [4.69, 9.17) is 0 Å². The minimum atomic E-state index is -0.615. The highest BCUT2D eigenvalue weighted by molar-refractivity contribution is 5.35. The van der Waals surface area contributed by atoms with Crippen molar-refractivity contribution < 1.29 is 14.4 Å². The van der Waals surface area contributed by atoms with Crippen LogP contribution in [-0.4, -0.2) is 23.2 Å². The maximum Gasteiger partial charge on any atom is 0.272 e. The summed E-state index contributed by atoms with van der Waals surface area (Å²) in [5, 5.41) is 23.2. The second kappa shape index (κ2) is 7.31. The first kappa shape index (κ1) is 16.5. The van der Waals surface area contributed by atoms with Crippen molar-refractivity contribution in [1.29, 1.82) is 0 Å². The van der Waals surface area contributed by atoms with Gasteiger partial charge in [-0.15, -0.1) is 0 Å². The molecule has 0 bridgehead atoms. The molecule has 0 aliphatic carbocycles. The Morgan fingerprint density at radius 3 is 2.50 bits per heavy atom. The zero-order valence-corrected chi connectivity index (χ0v) is 11.9. The third-order valence-electron chi connectivity index (χ3n) is 3.82. The summed E-state index contributed by atoms with van der Waals surface area (Å²) >= 11 is 0. The fourth-order valence-electron chi connectivity index (χ4n) is 2.09. The molecule has 2 N–H and O–H groups in total. The number of aliphatic hydroxyl groups is 1. The van der Waals surface area contributed by atoms with Gasteiger partial charge in [0, 0.05) is 31.2 Å². The standard InChI is InChI=1S/C14H21FN2O3/c1-3-14(4-2,10-18)9-16-8-11-5-12(15)7-13(6-11)17(19)20/h5-7,16,18H,3-4,8-10H2,1-2H3. The molecule has 1 aromatic carbocycles. The second-order valence-corrected chi connectivity index (χ2v) is 5.04. The number of non-ortho nitro benzene ring substituents is 1. The van der Waals surface area contributed by atoms with Crippen LogP contribution in [0.3, 0.4) is 0 Å². The van der Waals surface area contributed by atoms with Crippen LogP contribution in [-0.2, 0) is 6.54 Å². The van der Waals surface area contributed by atoms with Gasteiger partial charge in [0.15, 0.2) is 0 Å². The lowest BCUT2D eigenvalue weighted by molar-refractivity contribution is -0.385. The molecule has 0 heterocycles. The predicted molar refractivity (Wildman–Crippen MR) is 74.9 cm³/mol. The molecule has 5 nitrogen and oxygen atoms in total. The van der Waals surface area contributed by atoms with Crippen LogP contribution in [0, 0.1) is 21.3 Å². The van der Waals surface area contributed by atoms with E-state index >= 15 is 0 Å². The van der Waals surface area contributed by atoms with E-state index in [1.807, 2.05) is 13.8 Å². The average Bonchev–Trinajstić information content (AvgIpc) is 2.43. The van der Waals surface area contributed by atoms with Gasteiger partial charge in [0.05, 0.1) is 11.0 Å². The van der Waals surface area contributed by atoms with Gasteiger partial charge in [-0.2, -0.15) is 0 Å². The number of nitrogens with one attached hydrogen (secondary N) is 1. The van der Waals surface area contributed by atoms with Crippen LogP contribution in [0.1, 0.15) is 32.3 Å². The average molecular weight is 284 g/mol. The molecule has 20 heavy (non-hydrogen) atoms. The van der Waals surface area contributed by atoms with Crippen LogP contribution in [0.2, 0.25) is 0 Å². The molecule has 0 aliphatic rings. The summed E-state index contributed by atoms with van der Waals surface area (Å²) in [5.74, 6) is -0.615. The van der Waals surface area contributed by atoms with Crippen molar-refractivity contribution in [2.24, 2.45) is 5.41 Å². The Labute approximate surface area is 118 Å². The van der Waals surface area contributed by atoms with Gasteiger partial charge in [0.1, 0.15) is 5.82 Å². The zero-order valence-electron chi connectivity index (χ0n) is 11.9. The lowest BCUT2D eigenvalue weighted by Crippen LogP contribution is -2.36. The van der Waals surface area contributed by atoms with E-state index in [1.165, 1.54) is 12.1 Å². The van der Waals surface area contributed by atoms with Crippen LogP contribution in [0.4, 0.5) is 10.1 Å². The van der Waals surface area contributed by atoms with E-state index in [0.717, 1.165) is 18.9 Å². The van der Waals surface area contributed by atoms with Crippen molar-refractivity contribution in [1.82, 2.24) is 5.32 Å². The fraction of sp³-hybridized carbons (Fsp3) is 0.571. The van der Waals surface area contributed by atoms with Crippen molar-refractivity contribution in [2.45, 2.75) is 33.2 Å². The van der Waals surface area contributed by atoms with Crippen molar-refractivity contribution >= 4 is 5.69 Å². The molecule has 0 aromatic heterocycles.